The third-order valence-electron chi connectivity index (χ3n) is 3.85. The topological polar surface area (TPSA) is 66.1 Å². The van der Waals surface area contributed by atoms with Crippen LogP contribution in [0.3, 0.4) is 0 Å². The molecule has 1 aliphatic heterocycles. The highest BCUT2D eigenvalue weighted by molar-refractivity contribution is 7.09. The van der Waals surface area contributed by atoms with Crippen molar-refractivity contribution < 1.29 is 4.79 Å². The first-order valence-electron chi connectivity index (χ1n) is 7.52. The van der Waals surface area contributed by atoms with E-state index in [-0.39, 0.29) is 17.9 Å². The van der Waals surface area contributed by atoms with Gasteiger partial charge in [-0.2, -0.15) is 0 Å². The van der Waals surface area contributed by atoms with Crippen LogP contribution in [0.2, 0.25) is 0 Å². The first-order chi connectivity index (χ1) is 10.8. The second-order valence-electron chi connectivity index (χ2n) is 5.32. The highest BCUT2D eigenvalue weighted by atomic mass is 32.1. The molecule has 1 fully saturated rings. The first kappa shape index (κ1) is 15.1. The molecule has 0 saturated carbocycles. The smallest absolute Gasteiger partial charge is 0.226 e. The number of hydrogen-bond acceptors (Lipinski definition) is 5. The van der Waals surface area contributed by atoms with E-state index < -0.39 is 0 Å². The number of thiazole rings is 1. The summed E-state index contributed by atoms with van der Waals surface area (Å²) in [6.07, 6.45) is 0.928. The molecular formula is C16H20N4OS. The van der Waals surface area contributed by atoms with Gasteiger partial charge in [-0.1, -0.05) is 37.3 Å². The van der Waals surface area contributed by atoms with Crippen molar-refractivity contribution in [3.8, 4) is 0 Å². The largest absolute Gasteiger partial charge is 0.349 e. The molecule has 1 aliphatic rings. The minimum atomic E-state index is -0.118. The van der Waals surface area contributed by atoms with E-state index in [1.54, 1.807) is 11.3 Å². The zero-order valence-corrected chi connectivity index (χ0v) is 13.3. The van der Waals surface area contributed by atoms with E-state index in [4.69, 9.17) is 0 Å². The SMILES string of the molecule is CCc1csc(CNC(=O)C2CNNC2c2ccccc2)n1. The molecule has 0 aliphatic carbocycles. The number of carbonyl (C=O) groups is 1. The van der Waals surface area contributed by atoms with E-state index in [1.165, 1.54) is 0 Å². The number of carbonyl (C=O) groups excluding carboxylic acids is 1. The molecule has 2 atom stereocenters. The molecule has 1 amide bonds. The van der Waals surface area contributed by atoms with Gasteiger partial charge >= 0.3 is 0 Å². The summed E-state index contributed by atoms with van der Waals surface area (Å²) in [6, 6.07) is 10.1. The lowest BCUT2D eigenvalue weighted by molar-refractivity contribution is -0.125. The summed E-state index contributed by atoms with van der Waals surface area (Å²) in [5, 5.41) is 6.01. The minimum Gasteiger partial charge on any atom is -0.349 e. The van der Waals surface area contributed by atoms with Crippen molar-refractivity contribution in [2.45, 2.75) is 25.9 Å². The fourth-order valence-electron chi connectivity index (χ4n) is 2.60. The number of hydrogen-bond donors (Lipinski definition) is 3. The van der Waals surface area contributed by atoms with Gasteiger partial charge in [0.25, 0.3) is 0 Å². The molecule has 1 aromatic heterocycles. The summed E-state index contributed by atoms with van der Waals surface area (Å²) in [7, 11) is 0. The molecule has 2 aromatic rings. The van der Waals surface area contributed by atoms with Gasteiger partial charge in [-0.15, -0.1) is 11.3 Å². The van der Waals surface area contributed by atoms with Gasteiger partial charge in [0.2, 0.25) is 5.91 Å². The van der Waals surface area contributed by atoms with E-state index in [0.29, 0.717) is 13.1 Å². The predicted molar refractivity (Wildman–Crippen MR) is 87.2 cm³/mol. The average Bonchev–Trinajstić information content (AvgIpc) is 3.22. The van der Waals surface area contributed by atoms with Gasteiger partial charge in [-0.25, -0.2) is 10.4 Å². The van der Waals surface area contributed by atoms with Crippen molar-refractivity contribution in [1.82, 2.24) is 21.2 Å². The van der Waals surface area contributed by atoms with Crippen molar-refractivity contribution in [2.75, 3.05) is 6.54 Å². The summed E-state index contributed by atoms with van der Waals surface area (Å²) in [5.74, 6) is -0.0624. The van der Waals surface area contributed by atoms with Crippen LogP contribution in [0.5, 0.6) is 0 Å². The Morgan fingerprint density at radius 3 is 2.95 bits per heavy atom. The van der Waals surface area contributed by atoms with Crippen molar-refractivity contribution in [3.05, 3.63) is 52.0 Å². The van der Waals surface area contributed by atoms with Crippen LogP contribution in [0.15, 0.2) is 35.7 Å². The third-order valence-corrected chi connectivity index (χ3v) is 4.75. The second kappa shape index (κ2) is 7.00. The van der Waals surface area contributed by atoms with E-state index in [9.17, 15) is 4.79 Å². The number of benzene rings is 1. The molecule has 22 heavy (non-hydrogen) atoms. The van der Waals surface area contributed by atoms with Crippen molar-refractivity contribution in [3.63, 3.8) is 0 Å². The van der Waals surface area contributed by atoms with Gasteiger partial charge in [-0.3, -0.25) is 10.2 Å². The summed E-state index contributed by atoms with van der Waals surface area (Å²) in [6.45, 7) is 3.21. The summed E-state index contributed by atoms with van der Waals surface area (Å²) in [4.78, 5) is 16.9. The van der Waals surface area contributed by atoms with Crippen LogP contribution < -0.4 is 16.2 Å². The Balaban J connectivity index is 1.61. The molecule has 116 valence electrons. The Morgan fingerprint density at radius 2 is 2.23 bits per heavy atom. The van der Waals surface area contributed by atoms with Gasteiger partial charge in [-0.05, 0) is 12.0 Å². The van der Waals surface area contributed by atoms with Crippen LogP contribution in [0, 0.1) is 5.92 Å². The van der Waals surface area contributed by atoms with Crippen LogP contribution in [-0.4, -0.2) is 17.4 Å². The Morgan fingerprint density at radius 1 is 1.41 bits per heavy atom. The number of rotatable bonds is 5. The maximum atomic E-state index is 12.5. The van der Waals surface area contributed by atoms with Crippen molar-refractivity contribution in [2.24, 2.45) is 5.92 Å². The highest BCUT2D eigenvalue weighted by Crippen LogP contribution is 2.24. The molecule has 0 bridgehead atoms. The predicted octanol–water partition coefficient (Wildman–Crippen LogP) is 1.79. The average molecular weight is 316 g/mol. The van der Waals surface area contributed by atoms with E-state index in [1.807, 2.05) is 35.7 Å². The quantitative estimate of drug-likeness (QED) is 0.787. The van der Waals surface area contributed by atoms with Crippen LogP contribution in [0.4, 0.5) is 0 Å². The van der Waals surface area contributed by atoms with Crippen LogP contribution in [0.25, 0.3) is 0 Å². The number of amides is 1. The van der Waals surface area contributed by atoms with Crippen molar-refractivity contribution in [1.29, 1.82) is 0 Å². The number of nitrogens with zero attached hydrogens (tertiary/aromatic N) is 1. The van der Waals surface area contributed by atoms with Crippen LogP contribution in [0.1, 0.15) is 29.2 Å². The zero-order chi connectivity index (χ0) is 15.4. The number of nitrogens with one attached hydrogen (secondary N) is 3. The molecule has 1 aromatic carbocycles. The maximum absolute atomic E-state index is 12.5. The zero-order valence-electron chi connectivity index (χ0n) is 12.5. The van der Waals surface area contributed by atoms with Gasteiger partial charge < -0.3 is 5.32 Å². The molecule has 2 unspecified atom stereocenters. The van der Waals surface area contributed by atoms with Crippen molar-refractivity contribution >= 4 is 17.2 Å². The Hall–Kier alpha value is -1.76. The molecule has 2 heterocycles. The van der Waals surface area contributed by atoms with E-state index in [0.717, 1.165) is 22.7 Å². The first-order valence-corrected chi connectivity index (χ1v) is 8.40. The normalized spacial score (nSPS) is 21.0. The lowest BCUT2D eigenvalue weighted by atomic mass is 9.94. The molecule has 0 radical (unpaired) electrons. The van der Waals surface area contributed by atoms with Gasteiger partial charge in [0.05, 0.1) is 24.2 Å². The number of aromatic nitrogens is 1. The van der Waals surface area contributed by atoms with Gasteiger partial charge in [0.1, 0.15) is 5.01 Å². The standard InChI is InChI=1S/C16H20N4OS/c1-2-12-10-22-14(19-12)9-17-16(21)13-8-18-20-15(13)11-6-4-3-5-7-11/h3-7,10,13,15,18,20H,2,8-9H2,1H3,(H,17,21). The van der Waals surface area contributed by atoms with Crippen LogP contribution >= 0.6 is 11.3 Å². The molecule has 3 N–H and O–H groups in total. The summed E-state index contributed by atoms with van der Waals surface area (Å²) in [5.41, 5.74) is 8.49. The molecule has 0 spiro atoms. The van der Waals surface area contributed by atoms with Crippen LogP contribution in [-0.2, 0) is 17.8 Å². The summed E-state index contributed by atoms with van der Waals surface area (Å²) < 4.78 is 0. The number of aryl methyl sites for hydroxylation is 1. The van der Waals surface area contributed by atoms with Gasteiger partial charge in [0.15, 0.2) is 0 Å². The Kier molecular flexibility index (Phi) is 4.82. The lowest BCUT2D eigenvalue weighted by Crippen LogP contribution is -2.34. The molecule has 5 nitrogen and oxygen atoms in total. The molecule has 6 heteroatoms. The third kappa shape index (κ3) is 3.35. The second-order valence-corrected chi connectivity index (χ2v) is 6.27. The minimum absolute atomic E-state index is 0.00342. The monoisotopic (exact) mass is 316 g/mol. The fraction of sp³-hybridized carbons (Fsp3) is 0.375. The fourth-order valence-corrected chi connectivity index (χ4v) is 3.42. The maximum Gasteiger partial charge on any atom is 0.226 e. The van der Waals surface area contributed by atoms with E-state index >= 15 is 0 Å². The lowest BCUT2D eigenvalue weighted by Gasteiger charge is -2.18. The Labute approximate surface area is 134 Å². The molecular weight excluding hydrogens is 296 g/mol. The highest BCUT2D eigenvalue weighted by Gasteiger charge is 2.33. The molecule has 3 rings (SSSR count). The molecule has 1 saturated heterocycles. The Bertz CT molecular complexity index is 628. The van der Waals surface area contributed by atoms with E-state index in [2.05, 4.69) is 28.1 Å². The van der Waals surface area contributed by atoms with Gasteiger partial charge in [0, 0.05) is 11.9 Å². The number of hydrazine groups is 1. The summed E-state index contributed by atoms with van der Waals surface area (Å²) >= 11 is 1.60.